The molecule has 0 N–H and O–H groups in total. The van der Waals surface area contributed by atoms with E-state index in [0.717, 1.165) is 0 Å². The Morgan fingerprint density at radius 1 is 1.04 bits per heavy atom. The lowest BCUT2D eigenvalue weighted by atomic mass is 10.1. The molecule has 5 nitrogen and oxygen atoms in total. The number of hydrogen-bond acceptors (Lipinski definition) is 5. The molecule has 0 unspecified atom stereocenters. The second kappa shape index (κ2) is 8.74. The van der Waals surface area contributed by atoms with E-state index in [1.807, 2.05) is 6.92 Å². The molecule has 7 heteroatoms. The summed E-state index contributed by atoms with van der Waals surface area (Å²) in [5.74, 6) is -0.149. The van der Waals surface area contributed by atoms with E-state index in [9.17, 15) is 9.59 Å². The van der Waals surface area contributed by atoms with Crippen molar-refractivity contribution in [3.05, 3.63) is 57.6 Å². The number of ether oxygens (including phenoxy) is 3. The van der Waals surface area contributed by atoms with Gasteiger partial charge in [0.2, 0.25) is 5.78 Å². The van der Waals surface area contributed by atoms with Crippen LogP contribution in [0.4, 0.5) is 0 Å². The van der Waals surface area contributed by atoms with Crippen LogP contribution in [0.2, 0.25) is 10.0 Å². The number of hydrogen-bond donors (Lipinski definition) is 0. The van der Waals surface area contributed by atoms with Crippen molar-refractivity contribution >= 4 is 35.0 Å². The number of ketones is 1. The highest BCUT2D eigenvalue weighted by Crippen LogP contribution is 2.28. The fraction of sp³-hybridized carbons (Fsp3) is 0.222. The number of methoxy groups -OCH3 is 1. The second-order valence-electron chi connectivity index (χ2n) is 4.92. The van der Waals surface area contributed by atoms with Crippen LogP contribution in [-0.2, 0) is 4.74 Å². The number of rotatable bonds is 7. The summed E-state index contributed by atoms with van der Waals surface area (Å²) < 4.78 is 15.6. The summed E-state index contributed by atoms with van der Waals surface area (Å²) in [5.41, 5.74) is 0.489. The first kappa shape index (κ1) is 19.1. The molecule has 0 aliphatic carbocycles. The van der Waals surface area contributed by atoms with E-state index in [1.54, 1.807) is 12.1 Å². The molecule has 0 aliphatic rings. The van der Waals surface area contributed by atoms with Crippen molar-refractivity contribution < 1.29 is 23.8 Å². The first-order valence-electron chi connectivity index (χ1n) is 7.42. The van der Waals surface area contributed by atoms with Gasteiger partial charge in [0.1, 0.15) is 0 Å². The van der Waals surface area contributed by atoms with Crippen LogP contribution in [0.3, 0.4) is 0 Å². The maximum atomic E-state index is 12.2. The van der Waals surface area contributed by atoms with Crippen LogP contribution in [0.15, 0.2) is 36.4 Å². The van der Waals surface area contributed by atoms with Crippen LogP contribution in [-0.4, -0.2) is 32.1 Å². The predicted molar refractivity (Wildman–Crippen MR) is 95.2 cm³/mol. The summed E-state index contributed by atoms with van der Waals surface area (Å²) >= 11 is 11.8. The minimum atomic E-state index is -0.651. The van der Waals surface area contributed by atoms with Crippen molar-refractivity contribution in [3.63, 3.8) is 0 Å². The van der Waals surface area contributed by atoms with Crippen molar-refractivity contribution in [3.8, 4) is 11.5 Å². The standard InChI is InChI=1S/C18H16Cl2O5/c1-3-24-17-8-11(4-7-16(17)23-2)18(22)25-10-15(21)13-6-5-12(19)9-14(13)20/h4-9H,3,10H2,1-2H3. The minimum absolute atomic E-state index is 0.205. The summed E-state index contributed by atoms with van der Waals surface area (Å²) in [7, 11) is 1.50. The molecule has 0 bridgehead atoms. The van der Waals surface area contributed by atoms with Gasteiger partial charge in [0.25, 0.3) is 0 Å². The van der Waals surface area contributed by atoms with Gasteiger partial charge in [0.05, 0.1) is 24.3 Å². The van der Waals surface area contributed by atoms with Crippen molar-refractivity contribution in [2.45, 2.75) is 6.92 Å². The molecule has 132 valence electrons. The zero-order valence-electron chi connectivity index (χ0n) is 13.7. The molecule has 0 heterocycles. The molecule has 0 aliphatic heterocycles. The van der Waals surface area contributed by atoms with E-state index >= 15 is 0 Å². The number of Topliss-reactive ketones (excluding diaryl/α,β-unsaturated/α-hetero) is 1. The van der Waals surface area contributed by atoms with Crippen molar-refractivity contribution in [2.75, 3.05) is 20.3 Å². The van der Waals surface area contributed by atoms with Gasteiger partial charge in [0, 0.05) is 10.6 Å². The minimum Gasteiger partial charge on any atom is -0.493 e. The average Bonchev–Trinajstić information content (AvgIpc) is 2.59. The first-order valence-corrected chi connectivity index (χ1v) is 8.18. The largest absolute Gasteiger partial charge is 0.493 e. The lowest BCUT2D eigenvalue weighted by Crippen LogP contribution is -2.15. The molecule has 0 saturated heterocycles. The summed E-state index contributed by atoms with van der Waals surface area (Å²) in [4.78, 5) is 24.3. The summed E-state index contributed by atoms with van der Waals surface area (Å²) in [6.07, 6.45) is 0. The maximum absolute atomic E-state index is 12.2. The topological polar surface area (TPSA) is 61.8 Å². The Morgan fingerprint density at radius 2 is 1.80 bits per heavy atom. The van der Waals surface area contributed by atoms with Crippen LogP contribution in [0, 0.1) is 0 Å². The number of halogens is 2. The highest BCUT2D eigenvalue weighted by molar-refractivity contribution is 6.36. The Kier molecular flexibility index (Phi) is 6.67. The molecule has 25 heavy (non-hydrogen) atoms. The van der Waals surface area contributed by atoms with E-state index in [2.05, 4.69) is 0 Å². The number of carbonyl (C=O) groups is 2. The lowest BCUT2D eigenvalue weighted by Gasteiger charge is -2.11. The fourth-order valence-electron chi connectivity index (χ4n) is 2.08. The third kappa shape index (κ3) is 4.87. The Labute approximate surface area is 155 Å². The Balaban J connectivity index is 2.07. The number of carbonyl (C=O) groups excluding carboxylic acids is 2. The molecule has 2 rings (SSSR count). The summed E-state index contributed by atoms with van der Waals surface area (Å²) in [6, 6.07) is 9.12. The zero-order chi connectivity index (χ0) is 18.4. The van der Waals surface area contributed by atoms with Crippen molar-refractivity contribution in [2.24, 2.45) is 0 Å². The molecular weight excluding hydrogens is 367 g/mol. The first-order chi connectivity index (χ1) is 12.0. The number of benzene rings is 2. The fourth-order valence-corrected chi connectivity index (χ4v) is 2.59. The molecule has 0 saturated carbocycles. The molecule has 0 aromatic heterocycles. The Morgan fingerprint density at radius 3 is 2.44 bits per heavy atom. The molecule has 0 amide bonds. The van der Waals surface area contributed by atoms with Crippen LogP contribution in [0.5, 0.6) is 11.5 Å². The summed E-state index contributed by atoms with van der Waals surface area (Å²) in [5, 5.41) is 0.622. The second-order valence-corrected chi connectivity index (χ2v) is 5.77. The average molecular weight is 383 g/mol. The predicted octanol–water partition coefficient (Wildman–Crippen LogP) is 4.44. The normalized spacial score (nSPS) is 10.2. The van der Waals surface area contributed by atoms with E-state index in [-0.39, 0.29) is 16.1 Å². The summed E-state index contributed by atoms with van der Waals surface area (Å²) in [6.45, 7) is 1.80. The Hall–Kier alpha value is -2.24. The molecular formula is C18H16Cl2O5. The zero-order valence-corrected chi connectivity index (χ0v) is 15.2. The highest BCUT2D eigenvalue weighted by atomic mass is 35.5. The van der Waals surface area contributed by atoms with Gasteiger partial charge in [-0.05, 0) is 43.3 Å². The van der Waals surface area contributed by atoms with Crippen molar-refractivity contribution in [1.82, 2.24) is 0 Å². The number of esters is 1. The maximum Gasteiger partial charge on any atom is 0.338 e. The molecule has 0 atom stereocenters. The van der Waals surface area contributed by atoms with Gasteiger partial charge in [-0.1, -0.05) is 23.2 Å². The molecule has 2 aromatic rings. The molecule has 0 radical (unpaired) electrons. The van der Waals surface area contributed by atoms with Crippen LogP contribution >= 0.6 is 23.2 Å². The lowest BCUT2D eigenvalue weighted by molar-refractivity contribution is 0.0474. The van der Waals surface area contributed by atoms with Gasteiger partial charge < -0.3 is 14.2 Å². The van der Waals surface area contributed by atoms with Gasteiger partial charge in [-0.25, -0.2) is 4.79 Å². The third-order valence-corrected chi connectivity index (χ3v) is 3.81. The van der Waals surface area contributed by atoms with Crippen LogP contribution in [0.25, 0.3) is 0 Å². The van der Waals surface area contributed by atoms with E-state index in [1.165, 1.54) is 31.4 Å². The Bertz CT molecular complexity index is 789. The van der Waals surface area contributed by atoms with Gasteiger partial charge in [-0.15, -0.1) is 0 Å². The van der Waals surface area contributed by atoms with Gasteiger partial charge in [0.15, 0.2) is 18.1 Å². The van der Waals surface area contributed by atoms with Crippen LogP contribution < -0.4 is 9.47 Å². The third-order valence-electron chi connectivity index (χ3n) is 3.27. The SMILES string of the molecule is CCOc1cc(C(=O)OCC(=O)c2ccc(Cl)cc2Cl)ccc1OC. The van der Waals surface area contributed by atoms with Crippen LogP contribution in [0.1, 0.15) is 27.6 Å². The van der Waals surface area contributed by atoms with Gasteiger partial charge in [-0.3, -0.25) is 4.79 Å². The molecule has 0 fully saturated rings. The monoisotopic (exact) mass is 382 g/mol. The van der Waals surface area contributed by atoms with Gasteiger partial charge >= 0.3 is 5.97 Å². The molecule has 2 aromatic carbocycles. The van der Waals surface area contributed by atoms with E-state index in [0.29, 0.717) is 23.1 Å². The molecule has 0 spiro atoms. The van der Waals surface area contributed by atoms with E-state index in [4.69, 9.17) is 37.4 Å². The highest BCUT2D eigenvalue weighted by Gasteiger charge is 2.16. The quantitative estimate of drug-likeness (QED) is 0.523. The van der Waals surface area contributed by atoms with E-state index < -0.39 is 18.4 Å². The smallest absolute Gasteiger partial charge is 0.338 e. The van der Waals surface area contributed by atoms with Crippen molar-refractivity contribution in [1.29, 1.82) is 0 Å². The van der Waals surface area contributed by atoms with Gasteiger partial charge in [-0.2, -0.15) is 0 Å².